The maximum atomic E-state index is 11.3. The summed E-state index contributed by atoms with van der Waals surface area (Å²) in [6.45, 7) is 3.60. The molecule has 74 valence electrons. The second-order valence-corrected chi connectivity index (χ2v) is 4.03. The highest BCUT2D eigenvalue weighted by Crippen LogP contribution is 2.41. The first-order valence-corrected chi connectivity index (χ1v) is 4.61. The quantitative estimate of drug-likeness (QED) is 0.581. The van der Waals surface area contributed by atoms with Gasteiger partial charge in [0.15, 0.2) is 0 Å². The highest BCUT2D eigenvalue weighted by molar-refractivity contribution is 5.78. The summed E-state index contributed by atoms with van der Waals surface area (Å²) in [6, 6.07) is -0.151. The predicted octanol–water partition coefficient (Wildman–Crippen LogP) is -0.0736. The number of rotatable bonds is 1. The minimum absolute atomic E-state index is 0.0203. The predicted molar refractivity (Wildman–Crippen MR) is 46.3 cm³/mol. The third-order valence-electron chi connectivity index (χ3n) is 3.06. The van der Waals surface area contributed by atoms with Crippen LogP contribution in [0.5, 0.6) is 0 Å². The number of methoxy groups -OCH3 is 1. The van der Waals surface area contributed by atoms with Crippen molar-refractivity contribution >= 4 is 5.97 Å². The molecular weight excluding hydrogens is 170 g/mol. The van der Waals surface area contributed by atoms with Gasteiger partial charge in [-0.15, -0.1) is 0 Å². The lowest BCUT2D eigenvalue weighted by atomic mass is 9.72. The van der Waals surface area contributed by atoms with Crippen LogP contribution < -0.4 is 5.32 Å². The van der Waals surface area contributed by atoms with Crippen LogP contribution in [-0.2, 0) is 14.3 Å². The van der Waals surface area contributed by atoms with Crippen LogP contribution in [0, 0.1) is 5.41 Å². The number of nitrogens with one attached hydrogen (secondary N) is 1. The zero-order valence-corrected chi connectivity index (χ0v) is 8.00. The Kier molecular flexibility index (Phi) is 2.04. The van der Waals surface area contributed by atoms with Crippen LogP contribution in [0.3, 0.4) is 0 Å². The molecule has 0 saturated carbocycles. The fourth-order valence-corrected chi connectivity index (χ4v) is 2.27. The number of carbonyl (C=O) groups is 1. The Hall–Kier alpha value is -0.610. The van der Waals surface area contributed by atoms with Crippen LogP contribution in [0.15, 0.2) is 0 Å². The summed E-state index contributed by atoms with van der Waals surface area (Å²) < 4.78 is 10.2. The lowest BCUT2D eigenvalue weighted by molar-refractivity contribution is -0.151. The number of hydrogen-bond donors (Lipinski definition) is 1. The van der Waals surface area contributed by atoms with E-state index in [0.717, 1.165) is 13.0 Å². The van der Waals surface area contributed by atoms with E-state index in [2.05, 4.69) is 5.32 Å². The molecule has 2 rings (SSSR count). The van der Waals surface area contributed by atoms with E-state index in [1.807, 2.05) is 6.92 Å². The van der Waals surface area contributed by atoms with Gasteiger partial charge in [-0.3, -0.25) is 4.79 Å². The molecule has 1 N–H and O–H groups in total. The average Bonchev–Trinajstić information content (AvgIpc) is 2.48. The van der Waals surface area contributed by atoms with E-state index in [0.29, 0.717) is 6.61 Å². The highest BCUT2D eigenvalue weighted by Gasteiger charge is 2.55. The fourth-order valence-electron chi connectivity index (χ4n) is 2.27. The molecule has 2 aliphatic heterocycles. The molecular formula is C9H15NO3. The molecule has 2 heterocycles. The molecule has 4 heteroatoms. The molecule has 2 fully saturated rings. The standard InChI is InChI=1S/C9H15NO3/c1-6-3-9(5-13-6)4-10-7(9)8(11)12-2/h6-7,10H,3-5H2,1-2H3. The van der Waals surface area contributed by atoms with Crippen molar-refractivity contribution in [2.75, 3.05) is 20.3 Å². The van der Waals surface area contributed by atoms with Crippen LogP contribution in [0.1, 0.15) is 13.3 Å². The normalized spacial score (nSPS) is 43.2. The third kappa shape index (κ3) is 1.25. The summed E-state index contributed by atoms with van der Waals surface area (Å²) in [5, 5.41) is 3.09. The first-order valence-electron chi connectivity index (χ1n) is 4.61. The van der Waals surface area contributed by atoms with Crippen molar-refractivity contribution in [1.82, 2.24) is 5.32 Å². The number of carbonyl (C=O) groups excluding carboxylic acids is 1. The smallest absolute Gasteiger partial charge is 0.323 e. The molecule has 3 unspecified atom stereocenters. The van der Waals surface area contributed by atoms with Crippen LogP contribution in [0.2, 0.25) is 0 Å². The second kappa shape index (κ2) is 2.96. The zero-order valence-electron chi connectivity index (χ0n) is 8.00. The van der Waals surface area contributed by atoms with Crippen molar-refractivity contribution in [2.45, 2.75) is 25.5 Å². The largest absolute Gasteiger partial charge is 0.468 e. The first kappa shape index (κ1) is 8.97. The summed E-state index contributed by atoms with van der Waals surface area (Å²) in [5.74, 6) is -0.163. The molecule has 0 amide bonds. The van der Waals surface area contributed by atoms with Crippen LogP contribution in [-0.4, -0.2) is 38.4 Å². The molecule has 1 spiro atoms. The molecule has 0 bridgehead atoms. The zero-order chi connectivity index (χ0) is 9.47. The Morgan fingerprint density at radius 3 is 2.85 bits per heavy atom. The molecule has 4 nitrogen and oxygen atoms in total. The Morgan fingerprint density at radius 2 is 2.46 bits per heavy atom. The van der Waals surface area contributed by atoms with Gasteiger partial charge < -0.3 is 14.8 Å². The molecule has 3 atom stereocenters. The Balaban J connectivity index is 2.04. The number of esters is 1. The van der Waals surface area contributed by atoms with Crippen LogP contribution >= 0.6 is 0 Å². The topological polar surface area (TPSA) is 47.6 Å². The van der Waals surface area contributed by atoms with Crippen LogP contribution in [0.4, 0.5) is 0 Å². The summed E-state index contributed by atoms with van der Waals surface area (Å²) in [7, 11) is 1.43. The van der Waals surface area contributed by atoms with Crippen molar-refractivity contribution in [3.8, 4) is 0 Å². The lowest BCUT2D eigenvalue weighted by Crippen LogP contribution is -2.66. The van der Waals surface area contributed by atoms with Crippen molar-refractivity contribution < 1.29 is 14.3 Å². The molecule has 0 aliphatic carbocycles. The van der Waals surface area contributed by atoms with Crippen LogP contribution in [0.25, 0.3) is 0 Å². The molecule has 0 aromatic heterocycles. The summed E-state index contributed by atoms with van der Waals surface area (Å²) in [5.41, 5.74) is 0.0203. The third-order valence-corrected chi connectivity index (χ3v) is 3.06. The Labute approximate surface area is 77.6 Å². The van der Waals surface area contributed by atoms with Gasteiger partial charge in [-0.2, -0.15) is 0 Å². The summed E-state index contributed by atoms with van der Waals surface area (Å²) in [6.07, 6.45) is 1.23. The Bertz CT molecular complexity index is 231. The number of hydrogen-bond acceptors (Lipinski definition) is 4. The second-order valence-electron chi connectivity index (χ2n) is 4.03. The van der Waals surface area contributed by atoms with E-state index >= 15 is 0 Å². The van der Waals surface area contributed by atoms with E-state index in [9.17, 15) is 4.79 Å². The van der Waals surface area contributed by atoms with Gasteiger partial charge in [0.05, 0.1) is 19.8 Å². The highest BCUT2D eigenvalue weighted by atomic mass is 16.5. The molecule has 2 aliphatic rings. The summed E-state index contributed by atoms with van der Waals surface area (Å²) in [4.78, 5) is 11.3. The SMILES string of the molecule is COC(=O)C1NCC12COC(C)C2. The molecule has 0 radical (unpaired) electrons. The summed E-state index contributed by atoms with van der Waals surface area (Å²) >= 11 is 0. The van der Waals surface area contributed by atoms with Gasteiger partial charge in [0.2, 0.25) is 0 Å². The van der Waals surface area contributed by atoms with Crippen molar-refractivity contribution in [2.24, 2.45) is 5.41 Å². The van der Waals surface area contributed by atoms with Gasteiger partial charge in [-0.25, -0.2) is 0 Å². The molecule has 0 aromatic rings. The monoisotopic (exact) mass is 185 g/mol. The van der Waals surface area contributed by atoms with Crippen molar-refractivity contribution in [3.63, 3.8) is 0 Å². The van der Waals surface area contributed by atoms with E-state index in [4.69, 9.17) is 9.47 Å². The Morgan fingerprint density at radius 1 is 1.69 bits per heavy atom. The van der Waals surface area contributed by atoms with Gasteiger partial charge in [0, 0.05) is 12.0 Å². The molecule has 0 aromatic carbocycles. The van der Waals surface area contributed by atoms with Gasteiger partial charge in [0.1, 0.15) is 6.04 Å². The van der Waals surface area contributed by atoms with E-state index in [1.165, 1.54) is 7.11 Å². The lowest BCUT2D eigenvalue weighted by Gasteiger charge is -2.44. The number of ether oxygens (including phenoxy) is 2. The van der Waals surface area contributed by atoms with Gasteiger partial charge in [-0.05, 0) is 13.3 Å². The van der Waals surface area contributed by atoms with E-state index < -0.39 is 0 Å². The van der Waals surface area contributed by atoms with E-state index in [-0.39, 0.29) is 23.5 Å². The fraction of sp³-hybridized carbons (Fsp3) is 0.889. The van der Waals surface area contributed by atoms with Crippen molar-refractivity contribution in [3.05, 3.63) is 0 Å². The minimum atomic E-state index is -0.163. The van der Waals surface area contributed by atoms with E-state index in [1.54, 1.807) is 0 Å². The first-order chi connectivity index (χ1) is 6.18. The van der Waals surface area contributed by atoms with Gasteiger partial charge in [-0.1, -0.05) is 0 Å². The van der Waals surface area contributed by atoms with Gasteiger partial charge in [0.25, 0.3) is 0 Å². The maximum absolute atomic E-state index is 11.3. The molecule has 13 heavy (non-hydrogen) atoms. The van der Waals surface area contributed by atoms with Gasteiger partial charge >= 0.3 is 5.97 Å². The minimum Gasteiger partial charge on any atom is -0.468 e. The maximum Gasteiger partial charge on any atom is 0.323 e. The average molecular weight is 185 g/mol. The van der Waals surface area contributed by atoms with Crippen molar-refractivity contribution in [1.29, 1.82) is 0 Å². The molecule has 2 saturated heterocycles.